The van der Waals surface area contributed by atoms with Gasteiger partial charge in [0.1, 0.15) is 4.90 Å². The molecule has 0 spiro atoms. The summed E-state index contributed by atoms with van der Waals surface area (Å²) >= 11 is 0. The molecule has 4 N–H and O–H groups in total. The van der Waals surface area contributed by atoms with Crippen LogP contribution < -0.4 is 5.73 Å². The highest BCUT2D eigenvalue weighted by atomic mass is 32.3. The second kappa shape index (κ2) is 5.86. The Morgan fingerprint density at radius 1 is 1.05 bits per heavy atom. The predicted molar refractivity (Wildman–Crippen MR) is 70.2 cm³/mol. The number of hydrogen-bond donors (Lipinski definition) is 3. The second-order valence-electron chi connectivity index (χ2n) is 3.74. The van der Waals surface area contributed by atoms with Crippen LogP contribution in [0.15, 0.2) is 28.0 Å². The van der Waals surface area contributed by atoms with Crippen molar-refractivity contribution in [3.8, 4) is 0 Å². The summed E-state index contributed by atoms with van der Waals surface area (Å²) in [7, 11) is -13.4. The van der Waals surface area contributed by atoms with Gasteiger partial charge in [-0.3, -0.25) is 9.11 Å². The van der Waals surface area contributed by atoms with E-state index in [1.54, 1.807) is 0 Å². The highest BCUT2D eigenvalue weighted by Gasteiger charge is 2.20. The van der Waals surface area contributed by atoms with E-state index in [2.05, 4.69) is 4.18 Å². The van der Waals surface area contributed by atoms with Crippen LogP contribution in [0.25, 0.3) is 0 Å². The van der Waals surface area contributed by atoms with Crippen LogP contribution in [0.5, 0.6) is 0 Å². The normalized spacial score (nSPS) is 13.2. The highest BCUT2D eigenvalue weighted by Crippen LogP contribution is 2.22. The SMILES string of the molecule is Nc1cc(S(=O)(=O)CCOS(=O)(=O)O)ccc1S(=O)(=O)O. The Hall–Kier alpha value is -1.25. The van der Waals surface area contributed by atoms with Gasteiger partial charge in [-0.1, -0.05) is 0 Å². The fraction of sp³-hybridized carbons (Fsp3) is 0.250. The number of sulfone groups is 1. The average Bonchev–Trinajstić information content (AvgIpc) is 2.24. The zero-order valence-electron chi connectivity index (χ0n) is 10.2. The van der Waals surface area contributed by atoms with Gasteiger partial charge in [-0.25, -0.2) is 12.6 Å². The molecule has 0 atom stereocenters. The Morgan fingerprint density at radius 3 is 2.05 bits per heavy atom. The summed E-state index contributed by atoms with van der Waals surface area (Å²) in [6.45, 7) is -0.832. The van der Waals surface area contributed by atoms with Gasteiger partial charge in [-0.15, -0.1) is 0 Å². The lowest BCUT2D eigenvalue weighted by Crippen LogP contribution is -2.16. The molecular formula is C8H11NO9S3. The highest BCUT2D eigenvalue weighted by molar-refractivity contribution is 7.91. The monoisotopic (exact) mass is 361 g/mol. The van der Waals surface area contributed by atoms with Crippen LogP contribution >= 0.6 is 0 Å². The van der Waals surface area contributed by atoms with Crippen LogP contribution in [0.3, 0.4) is 0 Å². The second-order valence-corrected chi connectivity index (χ2v) is 8.33. The van der Waals surface area contributed by atoms with Gasteiger partial charge >= 0.3 is 10.4 Å². The van der Waals surface area contributed by atoms with E-state index in [1.165, 1.54) is 0 Å². The molecule has 1 aromatic rings. The van der Waals surface area contributed by atoms with Crippen molar-refractivity contribution in [2.45, 2.75) is 9.79 Å². The molecule has 1 aromatic carbocycles. The molecule has 0 aliphatic carbocycles. The van der Waals surface area contributed by atoms with Crippen LogP contribution in [0.4, 0.5) is 5.69 Å². The largest absolute Gasteiger partial charge is 0.398 e. The van der Waals surface area contributed by atoms with E-state index in [1.807, 2.05) is 0 Å². The first-order valence-electron chi connectivity index (χ1n) is 5.04. The third-order valence-electron chi connectivity index (χ3n) is 2.20. The molecule has 0 aliphatic heterocycles. The fourth-order valence-electron chi connectivity index (χ4n) is 1.32. The van der Waals surface area contributed by atoms with Gasteiger partial charge in [0.15, 0.2) is 9.84 Å². The van der Waals surface area contributed by atoms with Crippen molar-refractivity contribution in [2.24, 2.45) is 0 Å². The lowest BCUT2D eigenvalue weighted by atomic mass is 10.3. The summed E-state index contributed by atoms with van der Waals surface area (Å²) in [4.78, 5) is -1.05. The number of nitrogen functional groups attached to an aromatic ring is 1. The lowest BCUT2D eigenvalue weighted by molar-refractivity contribution is 0.284. The Labute approximate surface area is 121 Å². The van der Waals surface area contributed by atoms with Crippen molar-refractivity contribution in [1.29, 1.82) is 0 Å². The predicted octanol–water partition coefficient (Wildman–Crippen LogP) is -0.891. The van der Waals surface area contributed by atoms with E-state index in [-0.39, 0.29) is 0 Å². The fourth-order valence-corrected chi connectivity index (χ4v) is 3.44. The molecule has 10 nitrogen and oxygen atoms in total. The Kier molecular flexibility index (Phi) is 4.97. The number of hydrogen-bond acceptors (Lipinski definition) is 8. The summed E-state index contributed by atoms with van der Waals surface area (Å²) < 4.78 is 87.0. The molecule has 21 heavy (non-hydrogen) atoms. The maximum atomic E-state index is 11.8. The molecule has 0 aliphatic rings. The van der Waals surface area contributed by atoms with E-state index >= 15 is 0 Å². The minimum absolute atomic E-state index is 0.397. The van der Waals surface area contributed by atoms with Crippen LogP contribution in [-0.4, -0.2) is 46.7 Å². The van der Waals surface area contributed by atoms with Crippen molar-refractivity contribution in [1.82, 2.24) is 0 Å². The van der Waals surface area contributed by atoms with Gasteiger partial charge in [0, 0.05) is 0 Å². The van der Waals surface area contributed by atoms with Crippen molar-refractivity contribution in [3.63, 3.8) is 0 Å². The number of anilines is 1. The van der Waals surface area contributed by atoms with Crippen molar-refractivity contribution in [3.05, 3.63) is 18.2 Å². The van der Waals surface area contributed by atoms with Crippen molar-refractivity contribution in [2.75, 3.05) is 18.1 Å². The Morgan fingerprint density at radius 2 is 1.62 bits per heavy atom. The summed E-state index contributed by atoms with van der Waals surface area (Å²) in [6.07, 6.45) is 0. The van der Waals surface area contributed by atoms with Crippen LogP contribution in [0.1, 0.15) is 0 Å². The van der Waals surface area contributed by atoms with Gasteiger partial charge in [-0.05, 0) is 18.2 Å². The third kappa shape index (κ3) is 5.22. The quantitative estimate of drug-likeness (QED) is 0.425. The first kappa shape index (κ1) is 17.8. The number of nitrogens with two attached hydrogens (primary N) is 1. The van der Waals surface area contributed by atoms with E-state index < -0.39 is 58.2 Å². The zero-order chi connectivity index (χ0) is 16.5. The summed E-state index contributed by atoms with van der Waals surface area (Å²) in [5, 5.41) is 0. The first-order valence-corrected chi connectivity index (χ1v) is 9.50. The molecule has 0 aromatic heterocycles. The zero-order valence-corrected chi connectivity index (χ0v) is 12.7. The molecule has 0 radical (unpaired) electrons. The molecule has 0 saturated carbocycles. The van der Waals surface area contributed by atoms with E-state index in [0.717, 1.165) is 18.2 Å². The van der Waals surface area contributed by atoms with Crippen LogP contribution in [-0.2, 0) is 34.5 Å². The molecule has 0 unspecified atom stereocenters. The molecule has 0 bridgehead atoms. The van der Waals surface area contributed by atoms with Gasteiger partial charge in [0.25, 0.3) is 10.1 Å². The molecule has 0 heterocycles. The maximum Gasteiger partial charge on any atom is 0.397 e. The van der Waals surface area contributed by atoms with E-state index in [0.29, 0.717) is 0 Å². The van der Waals surface area contributed by atoms with Gasteiger partial charge in [-0.2, -0.15) is 16.8 Å². The summed E-state index contributed by atoms with van der Waals surface area (Å²) in [5.74, 6) is -0.794. The molecular weight excluding hydrogens is 350 g/mol. The molecule has 13 heteroatoms. The maximum absolute atomic E-state index is 11.8. The molecule has 0 fully saturated rings. The Balaban J connectivity index is 3.03. The topological polar surface area (TPSA) is 178 Å². The standard InChI is InChI=1S/C8H11NO9S3/c9-7-5-6(1-2-8(7)20(12,13)14)19(10,11)4-3-18-21(15,16)17/h1-2,5H,3-4,9H2,(H,12,13,14)(H,15,16,17). The summed E-state index contributed by atoms with van der Waals surface area (Å²) in [6, 6.07) is 2.47. The average molecular weight is 361 g/mol. The van der Waals surface area contributed by atoms with E-state index in [4.69, 9.17) is 14.8 Å². The van der Waals surface area contributed by atoms with Gasteiger partial charge in [0.2, 0.25) is 0 Å². The first-order chi connectivity index (χ1) is 9.33. The minimum atomic E-state index is -4.76. The van der Waals surface area contributed by atoms with E-state index in [9.17, 15) is 25.3 Å². The molecule has 1 rings (SSSR count). The molecule has 120 valence electrons. The van der Waals surface area contributed by atoms with Gasteiger partial charge in [0.05, 0.1) is 22.9 Å². The minimum Gasteiger partial charge on any atom is -0.398 e. The number of benzene rings is 1. The number of rotatable bonds is 6. The third-order valence-corrected chi connectivity index (χ3v) is 5.27. The van der Waals surface area contributed by atoms with Crippen molar-refractivity contribution < 1.29 is 38.5 Å². The molecule has 0 saturated heterocycles. The smallest absolute Gasteiger partial charge is 0.397 e. The molecule has 0 amide bonds. The van der Waals surface area contributed by atoms with Gasteiger partial charge < -0.3 is 5.73 Å². The van der Waals surface area contributed by atoms with Crippen LogP contribution in [0, 0.1) is 0 Å². The van der Waals surface area contributed by atoms with Crippen molar-refractivity contribution >= 4 is 36.0 Å². The Bertz CT molecular complexity index is 839. The summed E-state index contributed by atoms with van der Waals surface area (Å²) in [5.41, 5.74) is 4.84. The lowest BCUT2D eigenvalue weighted by Gasteiger charge is -2.07. The van der Waals surface area contributed by atoms with Crippen LogP contribution in [0.2, 0.25) is 0 Å².